The van der Waals surface area contributed by atoms with Crippen LogP contribution in [0.2, 0.25) is 0 Å². The molecule has 0 bridgehead atoms. The highest BCUT2D eigenvalue weighted by molar-refractivity contribution is 9.10. The van der Waals surface area contributed by atoms with Crippen LogP contribution < -0.4 is 4.72 Å². The molecule has 2 heterocycles. The van der Waals surface area contributed by atoms with E-state index in [1.807, 2.05) is 0 Å². The molecule has 26 heavy (non-hydrogen) atoms. The van der Waals surface area contributed by atoms with Crippen LogP contribution in [-0.2, 0) is 35.8 Å². The summed E-state index contributed by atoms with van der Waals surface area (Å²) in [5.41, 5.74) is 4.77. The van der Waals surface area contributed by atoms with E-state index in [2.05, 4.69) is 43.4 Å². The fourth-order valence-electron chi connectivity index (χ4n) is 3.94. The summed E-state index contributed by atoms with van der Waals surface area (Å²) in [5, 5.41) is -0.406. The van der Waals surface area contributed by atoms with E-state index >= 15 is 0 Å². The predicted molar refractivity (Wildman–Crippen MR) is 107 cm³/mol. The molecule has 140 valence electrons. The third-order valence-electron chi connectivity index (χ3n) is 5.40. The predicted octanol–water partition coefficient (Wildman–Crippen LogP) is 3.44. The molecule has 2 aromatic rings. The van der Waals surface area contributed by atoms with Gasteiger partial charge in [0, 0.05) is 24.6 Å². The number of imidazole rings is 1. The van der Waals surface area contributed by atoms with Gasteiger partial charge >= 0.3 is 0 Å². The molecule has 1 aliphatic carbocycles. The lowest BCUT2D eigenvalue weighted by molar-refractivity contribution is 0.526. The molecule has 0 radical (unpaired) electrons. The number of hydrogen-bond donors (Lipinski definition) is 1. The van der Waals surface area contributed by atoms with E-state index in [9.17, 15) is 8.42 Å². The van der Waals surface area contributed by atoms with Crippen molar-refractivity contribution in [2.75, 3.05) is 0 Å². The summed E-state index contributed by atoms with van der Waals surface area (Å²) in [7, 11) is -3.24. The molecular weight excluding hydrogens is 414 g/mol. The van der Waals surface area contributed by atoms with Gasteiger partial charge in [0.25, 0.3) is 0 Å². The lowest BCUT2D eigenvalue weighted by atomic mass is 10.0. The van der Waals surface area contributed by atoms with Gasteiger partial charge in [0.15, 0.2) is 0 Å². The third kappa shape index (κ3) is 3.25. The molecule has 0 unspecified atom stereocenters. The van der Waals surface area contributed by atoms with Crippen LogP contribution in [0.5, 0.6) is 0 Å². The highest BCUT2D eigenvalue weighted by Gasteiger charge is 2.28. The number of aryl methyl sites for hydroxylation is 1. The molecule has 0 fully saturated rings. The van der Waals surface area contributed by atoms with Crippen molar-refractivity contribution in [1.29, 1.82) is 0 Å². The Labute approximate surface area is 163 Å². The second kappa shape index (κ2) is 6.77. The number of hydrogen-bond acceptors (Lipinski definition) is 3. The van der Waals surface area contributed by atoms with Gasteiger partial charge in [-0.15, -0.1) is 0 Å². The van der Waals surface area contributed by atoms with Gasteiger partial charge in [-0.2, -0.15) is 0 Å². The zero-order chi connectivity index (χ0) is 18.5. The molecule has 1 atom stereocenters. The Morgan fingerprint density at radius 2 is 2.00 bits per heavy atom. The maximum Gasteiger partial charge on any atom is 0.214 e. The van der Waals surface area contributed by atoms with Crippen LogP contribution in [0.15, 0.2) is 22.8 Å². The highest BCUT2D eigenvalue weighted by atomic mass is 79.9. The first kappa shape index (κ1) is 18.2. The molecule has 0 spiro atoms. The molecule has 0 saturated heterocycles. The van der Waals surface area contributed by atoms with E-state index in [1.165, 1.54) is 24.0 Å². The first-order valence-corrected chi connectivity index (χ1v) is 11.6. The molecule has 2 aliphatic rings. The van der Waals surface area contributed by atoms with Crippen LogP contribution >= 0.6 is 15.9 Å². The fourth-order valence-corrected chi connectivity index (χ4v) is 5.50. The van der Waals surface area contributed by atoms with Crippen LogP contribution in [0.3, 0.4) is 0 Å². The van der Waals surface area contributed by atoms with E-state index in [1.54, 1.807) is 13.8 Å². The Balaban J connectivity index is 1.62. The first-order valence-electron chi connectivity index (χ1n) is 9.23. The van der Waals surface area contributed by atoms with Gasteiger partial charge < -0.3 is 4.57 Å². The number of nitrogens with zero attached hydrogens (tertiary/aromatic N) is 2. The lowest BCUT2D eigenvalue weighted by Gasteiger charge is -2.17. The number of fused-ring (bicyclic) bond motifs is 2. The summed E-state index contributed by atoms with van der Waals surface area (Å²) in [4.78, 5) is 4.69. The first-order chi connectivity index (χ1) is 12.3. The SMILES string of the molecule is CC(C)S(=O)(=O)N[C@H]1Cc2ccc(-c3c(Br)nc4n3CCCC4)cc2C1. The van der Waals surface area contributed by atoms with Gasteiger partial charge in [0.2, 0.25) is 10.0 Å². The van der Waals surface area contributed by atoms with Gasteiger partial charge in [0.1, 0.15) is 10.4 Å². The van der Waals surface area contributed by atoms with E-state index in [0.717, 1.165) is 47.5 Å². The van der Waals surface area contributed by atoms with E-state index in [-0.39, 0.29) is 6.04 Å². The Bertz CT molecular complexity index is 950. The zero-order valence-corrected chi connectivity index (χ0v) is 17.5. The molecule has 1 aromatic carbocycles. The molecule has 1 N–H and O–H groups in total. The second-order valence-electron chi connectivity index (χ2n) is 7.58. The van der Waals surface area contributed by atoms with E-state index in [4.69, 9.17) is 4.98 Å². The minimum Gasteiger partial charge on any atom is -0.327 e. The van der Waals surface area contributed by atoms with Crippen LogP contribution in [-0.4, -0.2) is 29.3 Å². The third-order valence-corrected chi connectivity index (χ3v) is 7.86. The summed E-state index contributed by atoms with van der Waals surface area (Å²) in [5.74, 6) is 1.15. The Morgan fingerprint density at radius 1 is 1.23 bits per heavy atom. The van der Waals surface area contributed by atoms with Gasteiger partial charge in [-0.05, 0) is 72.7 Å². The molecular formula is C19H24BrN3O2S. The van der Waals surface area contributed by atoms with Crippen molar-refractivity contribution in [3.8, 4) is 11.3 Å². The highest BCUT2D eigenvalue weighted by Crippen LogP contribution is 2.35. The van der Waals surface area contributed by atoms with E-state index in [0.29, 0.717) is 0 Å². The number of rotatable bonds is 4. The lowest BCUT2D eigenvalue weighted by Crippen LogP contribution is -2.39. The second-order valence-corrected chi connectivity index (χ2v) is 10.6. The molecule has 0 saturated carbocycles. The molecule has 1 aliphatic heterocycles. The number of benzene rings is 1. The number of sulfonamides is 1. The topological polar surface area (TPSA) is 64.0 Å². The number of aromatic nitrogens is 2. The standard InChI is InChI=1S/C19H24BrN3O2S/c1-12(2)26(24,25)22-16-10-13-6-7-14(9-15(13)11-16)18-19(20)21-17-5-3-4-8-23(17)18/h6-7,9,12,16,22H,3-5,8,10-11H2,1-2H3/t16-/m0/s1. The summed E-state index contributed by atoms with van der Waals surface area (Å²) in [6.07, 6.45) is 4.92. The normalized spacial score (nSPS) is 19.6. The molecule has 1 aromatic heterocycles. The van der Waals surface area contributed by atoms with Crippen LogP contribution in [0.4, 0.5) is 0 Å². The Morgan fingerprint density at radius 3 is 2.77 bits per heavy atom. The van der Waals surface area contributed by atoms with Crippen molar-refractivity contribution in [3.05, 3.63) is 39.8 Å². The molecule has 0 amide bonds. The molecule has 7 heteroatoms. The van der Waals surface area contributed by atoms with Gasteiger partial charge in [-0.25, -0.2) is 18.1 Å². The summed E-state index contributed by atoms with van der Waals surface area (Å²) < 4.78 is 30.4. The van der Waals surface area contributed by atoms with Crippen molar-refractivity contribution < 1.29 is 8.42 Å². The van der Waals surface area contributed by atoms with Crippen molar-refractivity contribution in [2.45, 2.75) is 63.8 Å². The summed E-state index contributed by atoms with van der Waals surface area (Å²) >= 11 is 3.64. The smallest absolute Gasteiger partial charge is 0.214 e. The van der Waals surface area contributed by atoms with Crippen LogP contribution in [0.1, 0.15) is 43.6 Å². The van der Waals surface area contributed by atoms with Gasteiger partial charge in [-0.1, -0.05) is 12.1 Å². The number of nitrogens with one attached hydrogen (secondary N) is 1. The summed E-state index contributed by atoms with van der Waals surface area (Å²) in [6.45, 7) is 4.43. The zero-order valence-electron chi connectivity index (χ0n) is 15.1. The fraction of sp³-hybridized carbons (Fsp3) is 0.526. The van der Waals surface area contributed by atoms with Crippen molar-refractivity contribution >= 4 is 26.0 Å². The molecule has 5 nitrogen and oxygen atoms in total. The average Bonchev–Trinajstić information content (AvgIpc) is 3.12. The van der Waals surface area contributed by atoms with Crippen LogP contribution in [0, 0.1) is 0 Å². The quantitative estimate of drug-likeness (QED) is 0.796. The monoisotopic (exact) mass is 437 g/mol. The van der Waals surface area contributed by atoms with E-state index < -0.39 is 15.3 Å². The molecule has 4 rings (SSSR count). The van der Waals surface area contributed by atoms with Crippen molar-refractivity contribution in [3.63, 3.8) is 0 Å². The Kier molecular flexibility index (Phi) is 4.73. The van der Waals surface area contributed by atoms with Gasteiger partial charge in [0.05, 0.1) is 10.9 Å². The van der Waals surface area contributed by atoms with Crippen molar-refractivity contribution in [1.82, 2.24) is 14.3 Å². The van der Waals surface area contributed by atoms with Crippen molar-refractivity contribution in [2.24, 2.45) is 0 Å². The van der Waals surface area contributed by atoms with Gasteiger partial charge in [-0.3, -0.25) is 0 Å². The minimum absolute atomic E-state index is 0.0459. The maximum absolute atomic E-state index is 12.2. The van der Waals surface area contributed by atoms with Crippen LogP contribution in [0.25, 0.3) is 11.3 Å². The largest absolute Gasteiger partial charge is 0.327 e. The number of halogens is 1. The Hall–Kier alpha value is -1.18. The summed E-state index contributed by atoms with van der Waals surface area (Å²) in [6, 6.07) is 6.45. The minimum atomic E-state index is -3.24. The maximum atomic E-state index is 12.2. The average molecular weight is 438 g/mol.